The van der Waals surface area contributed by atoms with Crippen LogP contribution < -0.4 is 15.2 Å². The van der Waals surface area contributed by atoms with E-state index in [0.717, 1.165) is 5.56 Å². The van der Waals surface area contributed by atoms with E-state index >= 15 is 0 Å². The maximum absolute atomic E-state index is 12.6. The lowest BCUT2D eigenvalue weighted by Gasteiger charge is -2.13. The molecule has 0 atom stereocenters. The molecule has 0 saturated heterocycles. The molecule has 2 aromatic rings. The Hall–Kier alpha value is -2.01. The second kappa shape index (κ2) is 6.18. The molecular formula is C16H16BrNO3. The van der Waals surface area contributed by atoms with Crippen molar-refractivity contribution in [1.82, 2.24) is 0 Å². The normalized spacial score (nSPS) is 10.3. The predicted octanol–water partition coefficient (Wildman–Crippen LogP) is 3.59. The van der Waals surface area contributed by atoms with Crippen LogP contribution in [-0.4, -0.2) is 20.0 Å². The summed E-state index contributed by atoms with van der Waals surface area (Å²) in [5.74, 6) is 0.896. The van der Waals surface area contributed by atoms with E-state index in [0.29, 0.717) is 32.8 Å². The van der Waals surface area contributed by atoms with Crippen molar-refractivity contribution in [3.8, 4) is 11.5 Å². The Kier molecular flexibility index (Phi) is 4.53. The number of hydrogen-bond donors (Lipinski definition) is 1. The van der Waals surface area contributed by atoms with Crippen molar-refractivity contribution < 1.29 is 14.3 Å². The minimum absolute atomic E-state index is 0.151. The number of rotatable bonds is 4. The third-order valence-electron chi connectivity index (χ3n) is 3.27. The van der Waals surface area contributed by atoms with Gasteiger partial charge in [-0.25, -0.2) is 0 Å². The van der Waals surface area contributed by atoms with Gasteiger partial charge in [0.15, 0.2) is 5.78 Å². The van der Waals surface area contributed by atoms with E-state index in [-0.39, 0.29) is 5.78 Å². The van der Waals surface area contributed by atoms with Crippen LogP contribution in [0.3, 0.4) is 0 Å². The molecule has 0 heterocycles. The highest BCUT2D eigenvalue weighted by molar-refractivity contribution is 9.10. The Balaban J connectivity index is 2.52. The number of benzene rings is 2. The topological polar surface area (TPSA) is 61.5 Å². The van der Waals surface area contributed by atoms with Crippen LogP contribution >= 0.6 is 15.9 Å². The van der Waals surface area contributed by atoms with Crippen LogP contribution in [0.15, 0.2) is 34.8 Å². The van der Waals surface area contributed by atoms with E-state index < -0.39 is 0 Å². The van der Waals surface area contributed by atoms with Crippen molar-refractivity contribution in [3.05, 3.63) is 51.5 Å². The minimum Gasteiger partial charge on any atom is -0.495 e. The molecule has 0 aliphatic rings. The molecule has 2 N–H and O–H groups in total. The van der Waals surface area contributed by atoms with Gasteiger partial charge in [0.2, 0.25) is 0 Å². The Labute approximate surface area is 132 Å². The molecule has 0 aliphatic heterocycles. The maximum Gasteiger partial charge on any atom is 0.196 e. The Morgan fingerprint density at radius 3 is 2.43 bits per heavy atom. The van der Waals surface area contributed by atoms with Gasteiger partial charge >= 0.3 is 0 Å². The summed E-state index contributed by atoms with van der Waals surface area (Å²) in [6.07, 6.45) is 0. The largest absolute Gasteiger partial charge is 0.495 e. The highest BCUT2D eigenvalue weighted by atomic mass is 79.9. The first-order chi connectivity index (χ1) is 9.99. The first kappa shape index (κ1) is 15.4. The Morgan fingerprint density at radius 2 is 1.86 bits per heavy atom. The number of aryl methyl sites for hydroxylation is 1. The zero-order chi connectivity index (χ0) is 15.6. The van der Waals surface area contributed by atoms with Crippen molar-refractivity contribution >= 4 is 27.4 Å². The van der Waals surface area contributed by atoms with E-state index in [1.165, 1.54) is 7.11 Å². The van der Waals surface area contributed by atoms with Crippen LogP contribution in [-0.2, 0) is 0 Å². The molecule has 0 aliphatic carbocycles. The molecule has 0 saturated carbocycles. The van der Waals surface area contributed by atoms with Crippen LogP contribution in [0, 0.1) is 6.92 Å². The van der Waals surface area contributed by atoms with Crippen LogP contribution in [0.25, 0.3) is 0 Å². The highest BCUT2D eigenvalue weighted by Crippen LogP contribution is 2.38. The molecule has 0 amide bonds. The summed E-state index contributed by atoms with van der Waals surface area (Å²) in [6.45, 7) is 1.90. The number of nitrogen functional groups attached to an aromatic ring is 1. The molecule has 0 bridgehead atoms. The van der Waals surface area contributed by atoms with E-state index in [4.69, 9.17) is 15.2 Å². The summed E-state index contributed by atoms with van der Waals surface area (Å²) in [7, 11) is 3.07. The third-order valence-corrected chi connectivity index (χ3v) is 4.02. The smallest absolute Gasteiger partial charge is 0.196 e. The zero-order valence-electron chi connectivity index (χ0n) is 12.1. The van der Waals surface area contributed by atoms with Crippen LogP contribution in [0.4, 0.5) is 5.69 Å². The maximum atomic E-state index is 12.6. The lowest BCUT2D eigenvalue weighted by molar-refractivity contribution is 0.103. The van der Waals surface area contributed by atoms with Gasteiger partial charge in [-0.15, -0.1) is 0 Å². The average Bonchev–Trinajstić information content (AvgIpc) is 2.49. The van der Waals surface area contributed by atoms with Gasteiger partial charge in [-0.05, 0) is 46.6 Å². The quantitative estimate of drug-likeness (QED) is 0.676. The molecule has 21 heavy (non-hydrogen) atoms. The number of methoxy groups -OCH3 is 2. The molecule has 110 valence electrons. The molecule has 0 fully saturated rings. The molecule has 2 aromatic carbocycles. The zero-order valence-corrected chi connectivity index (χ0v) is 13.7. The van der Waals surface area contributed by atoms with Crippen LogP contribution in [0.5, 0.6) is 11.5 Å². The van der Waals surface area contributed by atoms with Gasteiger partial charge in [0.25, 0.3) is 0 Å². The first-order valence-corrected chi connectivity index (χ1v) is 7.10. The van der Waals surface area contributed by atoms with E-state index in [2.05, 4.69) is 15.9 Å². The van der Waals surface area contributed by atoms with Gasteiger partial charge in [0.05, 0.1) is 19.8 Å². The Bertz CT molecular complexity index is 698. The Morgan fingerprint density at radius 1 is 1.14 bits per heavy atom. The third kappa shape index (κ3) is 2.88. The van der Waals surface area contributed by atoms with Crippen molar-refractivity contribution in [3.63, 3.8) is 0 Å². The highest BCUT2D eigenvalue weighted by Gasteiger charge is 2.19. The fraction of sp³-hybridized carbons (Fsp3) is 0.188. The van der Waals surface area contributed by atoms with Gasteiger partial charge in [-0.2, -0.15) is 0 Å². The number of anilines is 1. The molecule has 2 rings (SSSR count). The number of halogens is 1. The number of carbonyl (C=O) groups excluding carboxylic acids is 1. The van der Waals surface area contributed by atoms with Crippen molar-refractivity contribution in [1.29, 1.82) is 0 Å². The molecular weight excluding hydrogens is 334 g/mol. The molecule has 0 spiro atoms. The second-order valence-corrected chi connectivity index (χ2v) is 5.36. The lowest BCUT2D eigenvalue weighted by Crippen LogP contribution is -2.06. The van der Waals surface area contributed by atoms with Crippen molar-refractivity contribution in [2.45, 2.75) is 6.92 Å². The first-order valence-electron chi connectivity index (χ1n) is 6.31. The van der Waals surface area contributed by atoms with Gasteiger partial charge < -0.3 is 15.2 Å². The number of nitrogens with two attached hydrogens (primary N) is 1. The van der Waals surface area contributed by atoms with Gasteiger partial charge in [-0.3, -0.25) is 4.79 Å². The van der Waals surface area contributed by atoms with Crippen LogP contribution in [0.2, 0.25) is 0 Å². The van der Waals surface area contributed by atoms with Gasteiger partial charge in [-0.1, -0.05) is 12.1 Å². The SMILES string of the molecule is COc1ccc(C(=O)c2ccc(C)c(N)c2)c(OC)c1Br. The summed E-state index contributed by atoms with van der Waals surface area (Å²) < 4.78 is 11.2. The minimum atomic E-state index is -0.151. The summed E-state index contributed by atoms with van der Waals surface area (Å²) in [4.78, 5) is 12.6. The van der Waals surface area contributed by atoms with Crippen molar-refractivity contribution in [2.75, 3.05) is 20.0 Å². The number of ketones is 1. The van der Waals surface area contributed by atoms with Crippen LogP contribution in [0.1, 0.15) is 21.5 Å². The number of ether oxygens (including phenoxy) is 2. The lowest BCUT2D eigenvalue weighted by atomic mass is 10.0. The van der Waals surface area contributed by atoms with E-state index in [1.54, 1.807) is 31.4 Å². The molecule has 0 aromatic heterocycles. The molecule has 5 heteroatoms. The standard InChI is InChI=1S/C16H16BrNO3/c1-9-4-5-10(8-12(9)18)15(19)11-6-7-13(20-2)14(17)16(11)21-3/h4-8H,18H2,1-3H3. The summed E-state index contributed by atoms with van der Waals surface area (Å²) in [5.41, 5.74) is 8.37. The summed E-state index contributed by atoms with van der Waals surface area (Å²) in [5, 5.41) is 0. The number of carbonyl (C=O) groups is 1. The average molecular weight is 350 g/mol. The predicted molar refractivity (Wildman–Crippen MR) is 86.3 cm³/mol. The van der Waals surface area contributed by atoms with Gasteiger partial charge in [0.1, 0.15) is 16.0 Å². The fourth-order valence-electron chi connectivity index (χ4n) is 2.01. The molecule has 4 nitrogen and oxygen atoms in total. The second-order valence-electron chi connectivity index (χ2n) is 4.56. The van der Waals surface area contributed by atoms with Crippen molar-refractivity contribution in [2.24, 2.45) is 0 Å². The summed E-state index contributed by atoms with van der Waals surface area (Å²) in [6, 6.07) is 8.66. The number of hydrogen-bond acceptors (Lipinski definition) is 4. The monoisotopic (exact) mass is 349 g/mol. The van der Waals surface area contributed by atoms with E-state index in [1.807, 2.05) is 13.0 Å². The molecule has 0 radical (unpaired) electrons. The molecule has 0 unspecified atom stereocenters. The summed E-state index contributed by atoms with van der Waals surface area (Å²) >= 11 is 3.39. The van der Waals surface area contributed by atoms with E-state index in [9.17, 15) is 4.79 Å². The van der Waals surface area contributed by atoms with Gasteiger partial charge in [0, 0.05) is 11.3 Å². The fourth-order valence-corrected chi connectivity index (χ4v) is 2.68.